The number of hydrogen-bond donors (Lipinski definition) is 2. The first-order valence-electron chi connectivity index (χ1n) is 6.76. The monoisotopic (exact) mass is 332 g/mol. The van der Waals surface area contributed by atoms with Crippen LogP contribution < -0.4 is 5.32 Å². The predicted molar refractivity (Wildman–Crippen MR) is 86.1 cm³/mol. The minimum Gasteiger partial charge on any atom is -0.506 e. The molecule has 2 aromatic carbocycles. The number of nitrogens with one attached hydrogen (secondary N) is 1. The molecular weight excluding hydrogens is 319 g/mol. The van der Waals surface area contributed by atoms with Gasteiger partial charge in [0.15, 0.2) is 0 Å². The van der Waals surface area contributed by atoms with Gasteiger partial charge in [-0.3, -0.25) is 4.79 Å². The number of aromatic hydroxyl groups is 1. The van der Waals surface area contributed by atoms with Crippen LogP contribution in [-0.2, 0) is 5.41 Å². The zero-order valence-corrected chi connectivity index (χ0v) is 13.3. The molecule has 2 aromatic rings. The fourth-order valence-corrected chi connectivity index (χ4v) is 2.09. The molecular formula is C17H14ClFN2O2. The smallest absolute Gasteiger partial charge is 0.255 e. The molecule has 23 heavy (non-hydrogen) atoms. The molecule has 0 aliphatic carbocycles. The van der Waals surface area contributed by atoms with Gasteiger partial charge in [0.25, 0.3) is 5.91 Å². The van der Waals surface area contributed by atoms with Gasteiger partial charge in [0, 0.05) is 11.6 Å². The lowest BCUT2D eigenvalue weighted by Gasteiger charge is -2.16. The third-order valence-electron chi connectivity index (χ3n) is 3.41. The van der Waals surface area contributed by atoms with Crippen LogP contribution in [0.4, 0.5) is 10.1 Å². The Labute approximate surface area is 138 Å². The van der Waals surface area contributed by atoms with E-state index in [1.54, 1.807) is 38.1 Å². The highest BCUT2D eigenvalue weighted by atomic mass is 35.5. The summed E-state index contributed by atoms with van der Waals surface area (Å²) in [5.41, 5.74) is 0.0219. The lowest BCUT2D eigenvalue weighted by molar-refractivity contribution is 0.102. The Balaban J connectivity index is 2.31. The molecule has 0 unspecified atom stereocenters. The van der Waals surface area contributed by atoms with Crippen LogP contribution in [0.2, 0.25) is 5.02 Å². The van der Waals surface area contributed by atoms with E-state index < -0.39 is 17.1 Å². The van der Waals surface area contributed by atoms with Crippen LogP contribution in [0.3, 0.4) is 0 Å². The molecule has 0 aliphatic heterocycles. The van der Waals surface area contributed by atoms with Gasteiger partial charge in [-0.15, -0.1) is 0 Å². The number of amides is 1. The maximum atomic E-state index is 13.8. The van der Waals surface area contributed by atoms with Crippen LogP contribution in [0.15, 0.2) is 36.4 Å². The molecule has 0 saturated carbocycles. The SMILES string of the molecule is CC(C)(C#N)c1cccc(C(=O)Nc2cc(O)c(Cl)cc2F)c1. The number of phenols is 1. The summed E-state index contributed by atoms with van der Waals surface area (Å²) in [7, 11) is 0. The number of nitriles is 1. The van der Waals surface area contributed by atoms with Crippen molar-refractivity contribution in [2.45, 2.75) is 19.3 Å². The first-order chi connectivity index (χ1) is 10.7. The van der Waals surface area contributed by atoms with Gasteiger partial charge in [-0.2, -0.15) is 5.26 Å². The third kappa shape index (κ3) is 3.61. The van der Waals surface area contributed by atoms with Gasteiger partial charge in [0.1, 0.15) is 11.6 Å². The Morgan fingerprint density at radius 2 is 2.04 bits per heavy atom. The zero-order chi connectivity index (χ0) is 17.2. The van der Waals surface area contributed by atoms with Crippen LogP contribution >= 0.6 is 11.6 Å². The standard InChI is InChI=1S/C17H14ClFN2O2/c1-17(2,9-20)11-5-3-4-10(6-11)16(23)21-14-8-15(22)12(18)7-13(14)19/h3-8,22H,1-2H3,(H,21,23). The maximum Gasteiger partial charge on any atom is 0.255 e. The molecule has 0 radical (unpaired) electrons. The maximum absolute atomic E-state index is 13.8. The zero-order valence-electron chi connectivity index (χ0n) is 12.5. The van der Waals surface area contributed by atoms with E-state index in [0.29, 0.717) is 5.56 Å². The molecule has 4 nitrogen and oxygen atoms in total. The molecule has 118 valence electrons. The molecule has 0 bridgehead atoms. The second-order valence-corrected chi connectivity index (χ2v) is 5.96. The summed E-state index contributed by atoms with van der Waals surface area (Å²) in [6, 6.07) is 10.6. The van der Waals surface area contributed by atoms with Gasteiger partial charge in [0.05, 0.1) is 22.2 Å². The molecule has 0 aliphatic rings. The number of phenolic OH excluding ortho intramolecular Hbond substituents is 1. The summed E-state index contributed by atoms with van der Waals surface area (Å²) in [5.74, 6) is -1.64. The van der Waals surface area contributed by atoms with E-state index in [0.717, 1.165) is 12.1 Å². The minimum absolute atomic E-state index is 0.140. The third-order valence-corrected chi connectivity index (χ3v) is 3.71. The number of carbonyl (C=O) groups is 1. The van der Waals surface area contributed by atoms with Crippen molar-refractivity contribution >= 4 is 23.2 Å². The van der Waals surface area contributed by atoms with Crippen molar-refractivity contribution in [2.24, 2.45) is 0 Å². The van der Waals surface area contributed by atoms with Gasteiger partial charge < -0.3 is 10.4 Å². The molecule has 0 aromatic heterocycles. The van der Waals surface area contributed by atoms with Crippen molar-refractivity contribution < 1.29 is 14.3 Å². The molecule has 0 saturated heterocycles. The quantitative estimate of drug-likeness (QED) is 0.883. The summed E-state index contributed by atoms with van der Waals surface area (Å²) < 4.78 is 13.8. The second kappa shape index (κ2) is 6.27. The summed E-state index contributed by atoms with van der Waals surface area (Å²) in [4.78, 5) is 12.3. The van der Waals surface area contributed by atoms with E-state index in [9.17, 15) is 14.3 Å². The van der Waals surface area contributed by atoms with E-state index >= 15 is 0 Å². The Kier molecular flexibility index (Phi) is 4.57. The molecule has 2 rings (SSSR count). The van der Waals surface area contributed by atoms with Crippen LogP contribution in [0.5, 0.6) is 5.75 Å². The summed E-state index contributed by atoms with van der Waals surface area (Å²) >= 11 is 5.59. The van der Waals surface area contributed by atoms with Crippen molar-refractivity contribution in [3.8, 4) is 11.8 Å². The van der Waals surface area contributed by atoms with Crippen molar-refractivity contribution in [3.05, 3.63) is 58.4 Å². The predicted octanol–water partition coefficient (Wildman–Crippen LogP) is 4.24. The Morgan fingerprint density at radius 1 is 1.35 bits per heavy atom. The van der Waals surface area contributed by atoms with Gasteiger partial charge in [-0.05, 0) is 37.6 Å². The van der Waals surface area contributed by atoms with Crippen molar-refractivity contribution in [1.29, 1.82) is 5.26 Å². The van der Waals surface area contributed by atoms with Gasteiger partial charge in [-0.25, -0.2) is 4.39 Å². The van der Waals surface area contributed by atoms with E-state index in [2.05, 4.69) is 11.4 Å². The number of halogens is 2. The van der Waals surface area contributed by atoms with E-state index in [1.807, 2.05) is 0 Å². The number of nitrogens with zero attached hydrogens (tertiary/aromatic N) is 1. The normalized spacial score (nSPS) is 10.9. The molecule has 0 heterocycles. The van der Waals surface area contributed by atoms with Crippen LogP contribution in [-0.4, -0.2) is 11.0 Å². The fraction of sp³-hybridized carbons (Fsp3) is 0.176. The average Bonchev–Trinajstić information content (AvgIpc) is 2.52. The van der Waals surface area contributed by atoms with Crippen molar-refractivity contribution in [2.75, 3.05) is 5.32 Å². The van der Waals surface area contributed by atoms with Crippen molar-refractivity contribution in [3.63, 3.8) is 0 Å². The molecule has 1 amide bonds. The number of carbonyl (C=O) groups excluding carboxylic acids is 1. The van der Waals surface area contributed by atoms with E-state index in [-0.39, 0.29) is 22.0 Å². The molecule has 0 fully saturated rings. The minimum atomic E-state index is -0.755. The Morgan fingerprint density at radius 3 is 2.70 bits per heavy atom. The van der Waals surface area contributed by atoms with Crippen LogP contribution in [0.1, 0.15) is 29.8 Å². The van der Waals surface area contributed by atoms with Crippen LogP contribution in [0.25, 0.3) is 0 Å². The summed E-state index contributed by atoms with van der Waals surface area (Å²) in [6.07, 6.45) is 0. The molecule has 0 spiro atoms. The topological polar surface area (TPSA) is 73.1 Å². The van der Waals surface area contributed by atoms with Gasteiger partial charge in [-0.1, -0.05) is 23.7 Å². The number of rotatable bonds is 3. The molecule has 2 N–H and O–H groups in total. The number of anilines is 1. The Hall–Kier alpha value is -2.58. The van der Waals surface area contributed by atoms with Crippen molar-refractivity contribution in [1.82, 2.24) is 0 Å². The lowest BCUT2D eigenvalue weighted by atomic mass is 9.85. The highest BCUT2D eigenvalue weighted by Gasteiger charge is 2.21. The highest BCUT2D eigenvalue weighted by Crippen LogP contribution is 2.29. The average molecular weight is 333 g/mol. The molecule has 6 heteroatoms. The summed E-state index contributed by atoms with van der Waals surface area (Å²) in [5, 5.41) is 20.9. The first-order valence-corrected chi connectivity index (χ1v) is 7.13. The number of hydrogen-bond acceptors (Lipinski definition) is 3. The van der Waals surface area contributed by atoms with E-state index in [1.165, 1.54) is 0 Å². The molecule has 0 atom stereocenters. The fourth-order valence-electron chi connectivity index (χ4n) is 1.94. The van der Waals surface area contributed by atoms with Gasteiger partial charge >= 0.3 is 0 Å². The largest absolute Gasteiger partial charge is 0.506 e. The van der Waals surface area contributed by atoms with Crippen LogP contribution in [0, 0.1) is 17.1 Å². The second-order valence-electron chi connectivity index (χ2n) is 5.56. The van der Waals surface area contributed by atoms with E-state index in [4.69, 9.17) is 16.9 Å². The first kappa shape index (κ1) is 16.8. The lowest BCUT2D eigenvalue weighted by Crippen LogP contribution is -2.17. The number of benzene rings is 2. The van der Waals surface area contributed by atoms with Gasteiger partial charge in [0.2, 0.25) is 0 Å². The summed E-state index contributed by atoms with van der Waals surface area (Å²) in [6.45, 7) is 3.47. The highest BCUT2D eigenvalue weighted by molar-refractivity contribution is 6.32. The Bertz CT molecular complexity index is 813.